The SMILES string of the molecule is COc1ccccc1CCC(=O)OC(C)C(=O)Nc1ccc(C(N)=O)cc1. The number of nitrogens with two attached hydrogens (primary N) is 1. The molecule has 2 rings (SSSR count). The number of rotatable bonds is 8. The van der Waals surface area contributed by atoms with Crippen molar-refractivity contribution in [3.63, 3.8) is 0 Å². The smallest absolute Gasteiger partial charge is 0.306 e. The molecule has 0 fully saturated rings. The van der Waals surface area contributed by atoms with E-state index < -0.39 is 23.9 Å². The molecule has 0 saturated heterocycles. The maximum absolute atomic E-state index is 12.1. The van der Waals surface area contributed by atoms with Crippen LogP contribution in [0.25, 0.3) is 0 Å². The molecule has 27 heavy (non-hydrogen) atoms. The summed E-state index contributed by atoms with van der Waals surface area (Å²) in [5.41, 5.74) is 6.87. The minimum atomic E-state index is -0.953. The quantitative estimate of drug-likeness (QED) is 0.693. The fraction of sp³-hybridized carbons (Fsp3) is 0.250. The van der Waals surface area contributed by atoms with Gasteiger partial charge in [-0.15, -0.1) is 0 Å². The van der Waals surface area contributed by atoms with E-state index in [-0.39, 0.29) is 6.42 Å². The van der Waals surface area contributed by atoms with Crippen molar-refractivity contribution in [2.24, 2.45) is 5.73 Å². The first-order valence-corrected chi connectivity index (χ1v) is 8.43. The molecule has 7 heteroatoms. The monoisotopic (exact) mass is 370 g/mol. The molecule has 3 N–H and O–H groups in total. The highest BCUT2D eigenvalue weighted by Crippen LogP contribution is 2.19. The second kappa shape index (κ2) is 9.38. The molecule has 0 aliphatic heterocycles. The average Bonchev–Trinajstić information content (AvgIpc) is 2.66. The van der Waals surface area contributed by atoms with E-state index in [1.165, 1.54) is 19.1 Å². The summed E-state index contributed by atoms with van der Waals surface area (Å²) in [6.45, 7) is 1.49. The van der Waals surface area contributed by atoms with Gasteiger partial charge in [0, 0.05) is 17.7 Å². The second-order valence-corrected chi connectivity index (χ2v) is 5.87. The molecule has 0 bridgehead atoms. The van der Waals surface area contributed by atoms with E-state index in [0.29, 0.717) is 23.4 Å². The summed E-state index contributed by atoms with van der Waals surface area (Å²) in [6.07, 6.45) is -0.372. The number of hydrogen-bond acceptors (Lipinski definition) is 5. The third kappa shape index (κ3) is 5.85. The number of methoxy groups -OCH3 is 1. The Morgan fingerprint density at radius 3 is 2.37 bits per heavy atom. The third-order valence-electron chi connectivity index (χ3n) is 3.91. The van der Waals surface area contributed by atoms with Crippen molar-refractivity contribution in [1.82, 2.24) is 0 Å². The van der Waals surface area contributed by atoms with E-state index in [9.17, 15) is 14.4 Å². The Bertz CT molecular complexity index is 817. The van der Waals surface area contributed by atoms with Gasteiger partial charge in [-0.05, 0) is 49.2 Å². The fourth-order valence-corrected chi connectivity index (χ4v) is 2.42. The van der Waals surface area contributed by atoms with Gasteiger partial charge in [0.15, 0.2) is 6.10 Å². The summed E-state index contributed by atoms with van der Waals surface area (Å²) in [6, 6.07) is 13.5. The molecule has 0 radical (unpaired) electrons. The Morgan fingerprint density at radius 1 is 1.07 bits per heavy atom. The first-order chi connectivity index (χ1) is 12.9. The zero-order chi connectivity index (χ0) is 19.8. The van der Waals surface area contributed by atoms with Gasteiger partial charge >= 0.3 is 5.97 Å². The van der Waals surface area contributed by atoms with E-state index in [4.69, 9.17) is 15.2 Å². The Labute approximate surface area is 157 Å². The minimum absolute atomic E-state index is 0.130. The van der Waals surface area contributed by atoms with Crippen LogP contribution in [0.15, 0.2) is 48.5 Å². The van der Waals surface area contributed by atoms with E-state index in [2.05, 4.69) is 5.32 Å². The van der Waals surface area contributed by atoms with Crippen molar-refractivity contribution < 1.29 is 23.9 Å². The van der Waals surface area contributed by atoms with E-state index in [1.54, 1.807) is 19.2 Å². The van der Waals surface area contributed by atoms with Gasteiger partial charge in [0.25, 0.3) is 5.91 Å². The number of benzene rings is 2. The summed E-state index contributed by atoms with van der Waals surface area (Å²) in [5, 5.41) is 2.62. The van der Waals surface area contributed by atoms with Crippen LogP contribution in [0.4, 0.5) is 5.69 Å². The highest BCUT2D eigenvalue weighted by molar-refractivity contribution is 5.96. The van der Waals surface area contributed by atoms with Crippen molar-refractivity contribution in [3.8, 4) is 5.75 Å². The molecule has 0 saturated carbocycles. The first kappa shape index (κ1) is 20.0. The lowest BCUT2D eigenvalue weighted by Gasteiger charge is -2.14. The Balaban J connectivity index is 1.84. The zero-order valence-electron chi connectivity index (χ0n) is 15.2. The molecule has 2 aromatic carbocycles. The number of carbonyl (C=O) groups excluding carboxylic acids is 3. The molecule has 0 aliphatic rings. The second-order valence-electron chi connectivity index (χ2n) is 5.87. The maximum Gasteiger partial charge on any atom is 0.306 e. The fourth-order valence-electron chi connectivity index (χ4n) is 2.42. The number of amides is 2. The number of nitrogens with one attached hydrogen (secondary N) is 1. The molecule has 0 aliphatic carbocycles. The summed E-state index contributed by atoms with van der Waals surface area (Å²) in [7, 11) is 1.57. The number of anilines is 1. The lowest BCUT2D eigenvalue weighted by Crippen LogP contribution is -2.30. The Kier molecular flexibility index (Phi) is 6.93. The number of primary amides is 1. The predicted molar refractivity (Wildman–Crippen MR) is 100 cm³/mol. The van der Waals surface area contributed by atoms with Crippen LogP contribution in [0.3, 0.4) is 0 Å². The lowest BCUT2D eigenvalue weighted by molar-refractivity contribution is -0.153. The lowest BCUT2D eigenvalue weighted by atomic mass is 10.1. The molecule has 2 amide bonds. The molecule has 0 spiro atoms. The average molecular weight is 370 g/mol. The minimum Gasteiger partial charge on any atom is -0.496 e. The first-order valence-electron chi connectivity index (χ1n) is 8.43. The van der Waals surface area contributed by atoms with Gasteiger partial charge in [0.1, 0.15) is 5.75 Å². The van der Waals surface area contributed by atoms with Gasteiger partial charge in [-0.1, -0.05) is 18.2 Å². The summed E-state index contributed by atoms with van der Waals surface area (Å²) < 4.78 is 10.4. The third-order valence-corrected chi connectivity index (χ3v) is 3.91. The van der Waals surface area contributed by atoms with Crippen molar-refractivity contribution in [3.05, 3.63) is 59.7 Å². The van der Waals surface area contributed by atoms with Gasteiger partial charge < -0.3 is 20.5 Å². The summed E-state index contributed by atoms with van der Waals surface area (Å²) in [4.78, 5) is 35.2. The van der Waals surface area contributed by atoms with Crippen LogP contribution in [-0.2, 0) is 20.7 Å². The summed E-state index contributed by atoms with van der Waals surface area (Å²) >= 11 is 0. The molecular formula is C20H22N2O5. The molecular weight excluding hydrogens is 348 g/mol. The van der Waals surface area contributed by atoms with E-state index in [1.807, 2.05) is 24.3 Å². The topological polar surface area (TPSA) is 108 Å². The highest BCUT2D eigenvalue weighted by Gasteiger charge is 2.18. The van der Waals surface area contributed by atoms with Crippen LogP contribution in [0.2, 0.25) is 0 Å². The molecule has 0 heterocycles. The van der Waals surface area contributed by atoms with Crippen molar-refractivity contribution in [2.75, 3.05) is 12.4 Å². The van der Waals surface area contributed by atoms with Crippen LogP contribution in [-0.4, -0.2) is 31.0 Å². The largest absolute Gasteiger partial charge is 0.496 e. The van der Waals surface area contributed by atoms with Crippen LogP contribution < -0.4 is 15.8 Å². The molecule has 2 aromatic rings. The van der Waals surface area contributed by atoms with E-state index in [0.717, 1.165) is 5.56 Å². The van der Waals surface area contributed by atoms with Crippen LogP contribution in [0, 0.1) is 0 Å². The van der Waals surface area contributed by atoms with Gasteiger partial charge in [0.05, 0.1) is 7.11 Å². The highest BCUT2D eigenvalue weighted by atomic mass is 16.5. The molecule has 1 atom stereocenters. The number of para-hydroxylation sites is 1. The predicted octanol–water partition coefficient (Wildman–Crippen LogP) is 2.30. The van der Waals surface area contributed by atoms with Crippen LogP contribution in [0.1, 0.15) is 29.3 Å². The maximum atomic E-state index is 12.1. The van der Waals surface area contributed by atoms with Crippen molar-refractivity contribution in [1.29, 1.82) is 0 Å². The number of ether oxygens (including phenoxy) is 2. The van der Waals surface area contributed by atoms with Crippen LogP contribution in [0.5, 0.6) is 5.75 Å². The van der Waals surface area contributed by atoms with Crippen molar-refractivity contribution >= 4 is 23.5 Å². The Morgan fingerprint density at radius 2 is 1.74 bits per heavy atom. The number of aryl methyl sites for hydroxylation is 1. The standard InChI is InChI=1S/C20H22N2O5/c1-13(20(25)22-16-10-7-15(8-11-16)19(21)24)27-18(23)12-9-14-5-3-4-6-17(14)26-2/h3-8,10-11,13H,9,12H2,1-2H3,(H2,21,24)(H,22,25). The van der Waals surface area contributed by atoms with Gasteiger partial charge in [-0.3, -0.25) is 14.4 Å². The number of hydrogen-bond donors (Lipinski definition) is 2. The van der Waals surface area contributed by atoms with Gasteiger partial charge in [-0.2, -0.15) is 0 Å². The zero-order valence-corrected chi connectivity index (χ0v) is 15.2. The Hall–Kier alpha value is -3.35. The van der Waals surface area contributed by atoms with Gasteiger partial charge in [0.2, 0.25) is 5.91 Å². The van der Waals surface area contributed by atoms with Crippen molar-refractivity contribution in [2.45, 2.75) is 25.9 Å². The number of esters is 1. The van der Waals surface area contributed by atoms with Gasteiger partial charge in [-0.25, -0.2) is 0 Å². The molecule has 1 unspecified atom stereocenters. The normalized spacial score (nSPS) is 11.3. The molecule has 0 aromatic heterocycles. The molecule has 142 valence electrons. The summed E-state index contributed by atoms with van der Waals surface area (Å²) in [5.74, 6) is -0.791. The van der Waals surface area contributed by atoms with E-state index >= 15 is 0 Å². The van der Waals surface area contributed by atoms with Crippen LogP contribution >= 0.6 is 0 Å². The molecule has 7 nitrogen and oxygen atoms in total. The number of carbonyl (C=O) groups is 3.